The topological polar surface area (TPSA) is 66.6 Å². The maximum atomic E-state index is 12.3. The molecule has 0 radical (unpaired) electrons. The van der Waals surface area contributed by atoms with Gasteiger partial charge in [-0.1, -0.05) is 17.7 Å². The summed E-state index contributed by atoms with van der Waals surface area (Å²) in [5, 5.41) is 0.294. The number of fused-ring (bicyclic) bond motifs is 1. The van der Waals surface area contributed by atoms with Crippen LogP contribution in [0.4, 0.5) is 16.2 Å². The molecule has 3 rings (SSSR count). The van der Waals surface area contributed by atoms with E-state index in [4.69, 9.17) is 17.3 Å². The Balaban J connectivity index is 2.06. The third-order valence-corrected chi connectivity index (χ3v) is 3.57. The normalized spacial score (nSPS) is 18.7. The van der Waals surface area contributed by atoms with Gasteiger partial charge in [-0.15, -0.1) is 0 Å². The zero-order valence-corrected chi connectivity index (χ0v) is 10.9. The summed E-state index contributed by atoms with van der Waals surface area (Å²) in [5.41, 5.74) is 6.93. The molecule has 98 valence electrons. The minimum absolute atomic E-state index is 0.294. The molecule has 0 aromatic heterocycles. The van der Waals surface area contributed by atoms with Crippen LogP contribution in [0.1, 0.15) is 12.8 Å². The van der Waals surface area contributed by atoms with Crippen LogP contribution in [0.15, 0.2) is 30.0 Å². The number of allylic oxidation sites excluding steroid dienone is 1. The number of imide groups is 1. The summed E-state index contributed by atoms with van der Waals surface area (Å²) in [4.78, 5) is 27.2. The van der Waals surface area contributed by atoms with Crippen LogP contribution < -0.4 is 10.6 Å². The zero-order chi connectivity index (χ0) is 13.6. The lowest BCUT2D eigenvalue weighted by atomic mass is 10.2. The summed E-state index contributed by atoms with van der Waals surface area (Å²) in [7, 11) is 0. The first-order valence-electron chi connectivity index (χ1n) is 6.01. The van der Waals surface area contributed by atoms with Crippen molar-refractivity contribution in [3.63, 3.8) is 0 Å². The zero-order valence-electron chi connectivity index (χ0n) is 10.1. The largest absolute Gasteiger partial charge is 0.399 e. The Morgan fingerprint density at radius 2 is 2.05 bits per heavy atom. The molecular formula is C13H12ClN3O2. The molecule has 0 unspecified atom stereocenters. The van der Waals surface area contributed by atoms with Crippen LogP contribution in [0.5, 0.6) is 0 Å². The van der Waals surface area contributed by atoms with Crippen molar-refractivity contribution < 1.29 is 9.59 Å². The third-order valence-electron chi connectivity index (χ3n) is 3.27. The van der Waals surface area contributed by atoms with Crippen molar-refractivity contribution in [1.82, 2.24) is 4.90 Å². The van der Waals surface area contributed by atoms with Crippen molar-refractivity contribution in [2.75, 3.05) is 17.2 Å². The molecule has 0 bridgehead atoms. The molecular weight excluding hydrogens is 266 g/mol. The smallest absolute Gasteiger partial charge is 0.336 e. The Morgan fingerprint density at radius 1 is 1.26 bits per heavy atom. The van der Waals surface area contributed by atoms with Gasteiger partial charge in [-0.3, -0.25) is 9.69 Å². The van der Waals surface area contributed by atoms with Crippen LogP contribution in [0, 0.1) is 0 Å². The number of rotatable bonds is 1. The highest BCUT2D eigenvalue weighted by molar-refractivity contribution is 6.37. The van der Waals surface area contributed by atoms with Crippen LogP contribution in [0.3, 0.4) is 0 Å². The second-order valence-corrected chi connectivity index (χ2v) is 4.92. The Kier molecular flexibility index (Phi) is 2.71. The van der Waals surface area contributed by atoms with Gasteiger partial charge >= 0.3 is 6.03 Å². The summed E-state index contributed by atoms with van der Waals surface area (Å²) in [6.07, 6.45) is 3.48. The maximum Gasteiger partial charge on any atom is 0.336 e. The van der Waals surface area contributed by atoms with Gasteiger partial charge in [0.1, 0.15) is 5.70 Å². The molecule has 5 nitrogen and oxygen atoms in total. The number of nitrogen functional groups attached to an aromatic ring is 1. The summed E-state index contributed by atoms with van der Waals surface area (Å²) in [6, 6.07) is 4.39. The average Bonchev–Trinajstić information content (AvgIpc) is 2.64. The molecule has 19 heavy (non-hydrogen) atoms. The minimum atomic E-state index is -0.345. The van der Waals surface area contributed by atoms with E-state index < -0.39 is 0 Å². The first-order valence-corrected chi connectivity index (χ1v) is 6.38. The van der Waals surface area contributed by atoms with E-state index in [0.717, 1.165) is 17.7 Å². The van der Waals surface area contributed by atoms with Crippen molar-refractivity contribution in [2.24, 2.45) is 0 Å². The van der Waals surface area contributed by atoms with Crippen molar-refractivity contribution in [1.29, 1.82) is 0 Å². The fourth-order valence-corrected chi connectivity index (χ4v) is 2.63. The number of hydrogen-bond donors (Lipinski definition) is 1. The van der Waals surface area contributed by atoms with Crippen LogP contribution in [-0.4, -0.2) is 23.4 Å². The van der Waals surface area contributed by atoms with Gasteiger partial charge in [-0.25, -0.2) is 9.69 Å². The number of carbonyl (C=O) groups excluding carboxylic acids is 2. The summed E-state index contributed by atoms with van der Waals surface area (Å²) in [5.74, 6) is -0.323. The van der Waals surface area contributed by atoms with Gasteiger partial charge in [-0.2, -0.15) is 0 Å². The Bertz CT molecular complexity index is 612. The van der Waals surface area contributed by atoms with Crippen LogP contribution in [0.2, 0.25) is 5.02 Å². The van der Waals surface area contributed by atoms with Gasteiger partial charge in [0.25, 0.3) is 5.91 Å². The van der Waals surface area contributed by atoms with Crippen LogP contribution >= 0.6 is 11.6 Å². The molecule has 2 heterocycles. The average molecular weight is 278 g/mol. The third kappa shape index (κ3) is 1.77. The number of nitrogens with two attached hydrogens (primary N) is 1. The number of carbonyl (C=O) groups is 2. The predicted molar refractivity (Wildman–Crippen MR) is 72.8 cm³/mol. The van der Waals surface area contributed by atoms with Gasteiger partial charge in [-0.05, 0) is 31.0 Å². The van der Waals surface area contributed by atoms with E-state index in [9.17, 15) is 9.59 Å². The number of amides is 3. The fourth-order valence-electron chi connectivity index (χ4n) is 2.36. The highest BCUT2D eigenvalue weighted by atomic mass is 35.5. The van der Waals surface area contributed by atoms with Crippen LogP contribution in [0.25, 0.3) is 0 Å². The van der Waals surface area contributed by atoms with E-state index in [1.807, 2.05) is 0 Å². The van der Waals surface area contributed by atoms with E-state index in [1.54, 1.807) is 18.2 Å². The SMILES string of the molecule is Nc1ccc(N2C(=O)C3=CCCCN3C2=O)c(Cl)c1. The van der Waals surface area contributed by atoms with E-state index in [0.29, 0.717) is 28.6 Å². The van der Waals surface area contributed by atoms with E-state index >= 15 is 0 Å². The van der Waals surface area contributed by atoms with Crippen molar-refractivity contribution in [3.05, 3.63) is 35.0 Å². The lowest BCUT2D eigenvalue weighted by Gasteiger charge is -2.19. The summed E-state index contributed by atoms with van der Waals surface area (Å²) < 4.78 is 0. The molecule has 0 spiro atoms. The van der Waals surface area contributed by atoms with Crippen molar-refractivity contribution in [3.8, 4) is 0 Å². The van der Waals surface area contributed by atoms with Gasteiger partial charge in [0.2, 0.25) is 0 Å². The van der Waals surface area contributed by atoms with E-state index in [1.165, 1.54) is 11.0 Å². The molecule has 0 atom stereocenters. The standard InChI is InChI=1S/C13H12ClN3O2/c14-9-7-8(15)4-5-10(9)17-12(18)11-3-1-2-6-16(11)13(17)19/h3-5,7H,1-2,6,15H2. The Labute approximate surface area is 115 Å². The second kappa shape index (κ2) is 4.28. The monoisotopic (exact) mass is 277 g/mol. The van der Waals surface area contributed by atoms with Gasteiger partial charge in [0.15, 0.2) is 0 Å². The molecule has 2 aliphatic heterocycles. The lowest BCUT2D eigenvalue weighted by Crippen LogP contribution is -2.33. The number of anilines is 2. The molecule has 1 aromatic rings. The molecule has 2 aliphatic rings. The molecule has 0 saturated carbocycles. The van der Waals surface area contributed by atoms with Crippen molar-refractivity contribution in [2.45, 2.75) is 12.8 Å². The molecule has 6 heteroatoms. The number of urea groups is 1. The van der Waals surface area contributed by atoms with Gasteiger partial charge in [0.05, 0.1) is 10.7 Å². The molecule has 3 amide bonds. The highest BCUT2D eigenvalue weighted by Crippen LogP contribution is 2.35. The van der Waals surface area contributed by atoms with E-state index in [-0.39, 0.29) is 11.9 Å². The quantitative estimate of drug-likeness (QED) is 0.633. The molecule has 0 aliphatic carbocycles. The van der Waals surface area contributed by atoms with Gasteiger partial charge in [0, 0.05) is 12.2 Å². The second-order valence-electron chi connectivity index (χ2n) is 4.52. The van der Waals surface area contributed by atoms with E-state index in [2.05, 4.69) is 0 Å². The minimum Gasteiger partial charge on any atom is -0.399 e. The first kappa shape index (κ1) is 12.0. The Morgan fingerprint density at radius 3 is 2.74 bits per heavy atom. The molecule has 1 aromatic carbocycles. The molecule has 2 N–H and O–H groups in total. The number of nitrogens with zero attached hydrogens (tertiary/aromatic N) is 2. The maximum absolute atomic E-state index is 12.3. The summed E-state index contributed by atoms with van der Waals surface area (Å²) >= 11 is 6.07. The number of benzene rings is 1. The summed E-state index contributed by atoms with van der Waals surface area (Å²) in [6.45, 7) is 0.569. The Hall–Kier alpha value is -2.01. The highest BCUT2D eigenvalue weighted by Gasteiger charge is 2.43. The number of halogens is 1. The molecule has 1 saturated heterocycles. The fraction of sp³-hybridized carbons (Fsp3) is 0.231. The number of hydrogen-bond acceptors (Lipinski definition) is 3. The van der Waals surface area contributed by atoms with Gasteiger partial charge < -0.3 is 5.73 Å². The lowest BCUT2D eigenvalue weighted by molar-refractivity contribution is -0.114. The van der Waals surface area contributed by atoms with Crippen molar-refractivity contribution >= 4 is 34.9 Å². The molecule has 1 fully saturated rings. The first-order chi connectivity index (χ1) is 9.09. The van der Waals surface area contributed by atoms with Crippen LogP contribution in [-0.2, 0) is 4.79 Å². The predicted octanol–water partition coefficient (Wildman–Crippen LogP) is 2.37.